The summed E-state index contributed by atoms with van der Waals surface area (Å²) in [6, 6.07) is 10.7. The van der Waals surface area contributed by atoms with Gasteiger partial charge in [0.2, 0.25) is 10.0 Å². The van der Waals surface area contributed by atoms with Crippen molar-refractivity contribution < 1.29 is 21.6 Å². The molecule has 0 aliphatic rings. The third kappa shape index (κ3) is 4.31. The Balaban J connectivity index is 2.20. The lowest BCUT2D eigenvalue weighted by Crippen LogP contribution is -2.24. The highest BCUT2D eigenvalue weighted by atomic mass is 32.2. The first-order chi connectivity index (χ1) is 10.7. The number of hydrogen-bond donors (Lipinski definition) is 2. The van der Waals surface area contributed by atoms with Crippen LogP contribution in [0.5, 0.6) is 0 Å². The van der Waals surface area contributed by atoms with E-state index in [-0.39, 0.29) is 17.0 Å². The van der Waals surface area contributed by atoms with Gasteiger partial charge in [-0.25, -0.2) is 13.1 Å². The maximum Gasteiger partial charge on any atom is 0.416 e. The molecule has 0 aliphatic heterocycles. The van der Waals surface area contributed by atoms with Crippen molar-refractivity contribution in [3.63, 3.8) is 0 Å². The van der Waals surface area contributed by atoms with Gasteiger partial charge in [-0.05, 0) is 29.3 Å². The van der Waals surface area contributed by atoms with Gasteiger partial charge in [-0.15, -0.1) is 0 Å². The zero-order valence-electron chi connectivity index (χ0n) is 12.0. The average molecular weight is 344 g/mol. The quantitative estimate of drug-likeness (QED) is 0.876. The lowest BCUT2D eigenvalue weighted by molar-refractivity contribution is -0.138. The summed E-state index contributed by atoms with van der Waals surface area (Å²) < 4.78 is 65.1. The molecule has 2 aromatic rings. The van der Waals surface area contributed by atoms with E-state index in [4.69, 9.17) is 5.73 Å². The van der Waals surface area contributed by atoms with Crippen molar-refractivity contribution in [1.82, 2.24) is 4.72 Å². The van der Waals surface area contributed by atoms with Crippen LogP contribution >= 0.6 is 0 Å². The van der Waals surface area contributed by atoms with E-state index in [1.807, 2.05) is 0 Å². The van der Waals surface area contributed by atoms with Gasteiger partial charge in [0.15, 0.2) is 0 Å². The highest BCUT2D eigenvalue weighted by Crippen LogP contribution is 2.31. The standard InChI is InChI=1S/C15H15F3N2O2S/c16-15(17,18)14-4-2-1-3-12(14)10-20-23(21,22)13-7-5-11(9-19)6-8-13/h1-8,20H,9-10,19H2. The summed E-state index contributed by atoms with van der Waals surface area (Å²) >= 11 is 0. The van der Waals surface area contributed by atoms with Crippen LogP contribution in [0, 0.1) is 0 Å². The van der Waals surface area contributed by atoms with Crippen molar-refractivity contribution in [3.05, 3.63) is 65.2 Å². The van der Waals surface area contributed by atoms with Crippen LogP contribution in [0.3, 0.4) is 0 Å². The number of rotatable bonds is 5. The Morgan fingerprint density at radius 3 is 2.17 bits per heavy atom. The van der Waals surface area contributed by atoms with E-state index in [9.17, 15) is 21.6 Å². The Hall–Kier alpha value is -1.90. The summed E-state index contributed by atoms with van der Waals surface area (Å²) in [7, 11) is -3.90. The fraction of sp³-hybridized carbons (Fsp3) is 0.200. The molecule has 0 bridgehead atoms. The monoisotopic (exact) mass is 344 g/mol. The largest absolute Gasteiger partial charge is 0.416 e. The third-order valence-electron chi connectivity index (χ3n) is 3.24. The summed E-state index contributed by atoms with van der Waals surface area (Å²) in [5.41, 5.74) is 5.19. The van der Waals surface area contributed by atoms with Crippen molar-refractivity contribution in [1.29, 1.82) is 0 Å². The molecule has 0 aromatic heterocycles. The minimum absolute atomic E-state index is 0.0285. The Kier molecular flexibility index (Phi) is 5.08. The Morgan fingerprint density at radius 2 is 1.61 bits per heavy atom. The molecule has 0 saturated heterocycles. The highest BCUT2D eigenvalue weighted by molar-refractivity contribution is 7.89. The molecule has 8 heteroatoms. The van der Waals surface area contributed by atoms with E-state index in [1.54, 1.807) is 12.1 Å². The number of nitrogens with two attached hydrogens (primary N) is 1. The minimum atomic E-state index is -4.54. The zero-order valence-corrected chi connectivity index (χ0v) is 12.8. The summed E-state index contributed by atoms with van der Waals surface area (Å²) in [6.07, 6.45) is -4.54. The van der Waals surface area contributed by atoms with Crippen LogP contribution in [-0.4, -0.2) is 8.42 Å². The Bertz CT molecular complexity index is 772. The van der Waals surface area contributed by atoms with Gasteiger partial charge < -0.3 is 5.73 Å². The molecule has 124 valence electrons. The molecule has 0 heterocycles. The van der Waals surface area contributed by atoms with Gasteiger partial charge in [0.25, 0.3) is 0 Å². The highest BCUT2D eigenvalue weighted by Gasteiger charge is 2.33. The van der Waals surface area contributed by atoms with Crippen molar-refractivity contribution in [2.24, 2.45) is 5.73 Å². The van der Waals surface area contributed by atoms with Crippen molar-refractivity contribution in [3.8, 4) is 0 Å². The third-order valence-corrected chi connectivity index (χ3v) is 4.66. The first kappa shape index (κ1) is 17.5. The Labute approximate surface area is 132 Å². The van der Waals surface area contributed by atoms with Gasteiger partial charge in [-0.2, -0.15) is 13.2 Å². The van der Waals surface area contributed by atoms with E-state index < -0.39 is 28.3 Å². The molecule has 2 rings (SSSR count). The molecule has 0 saturated carbocycles. The van der Waals surface area contributed by atoms with E-state index in [0.717, 1.165) is 11.6 Å². The number of sulfonamides is 1. The molecule has 23 heavy (non-hydrogen) atoms. The van der Waals surface area contributed by atoms with Crippen LogP contribution < -0.4 is 10.5 Å². The van der Waals surface area contributed by atoms with Gasteiger partial charge in [-0.1, -0.05) is 30.3 Å². The van der Waals surface area contributed by atoms with Crippen molar-refractivity contribution in [2.45, 2.75) is 24.2 Å². The maximum atomic E-state index is 12.9. The second-order valence-electron chi connectivity index (χ2n) is 4.83. The van der Waals surface area contributed by atoms with E-state index in [1.165, 1.54) is 30.3 Å². The fourth-order valence-corrected chi connectivity index (χ4v) is 3.02. The predicted molar refractivity (Wildman–Crippen MR) is 79.8 cm³/mol. The van der Waals surface area contributed by atoms with E-state index in [2.05, 4.69) is 4.72 Å². The van der Waals surface area contributed by atoms with Gasteiger partial charge in [0.1, 0.15) is 0 Å². The van der Waals surface area contributed by atoms with Crippen LogP contribution in [0.25, 0.3) is 0 Å². The molecule has 2 aromatic carbocycles. The van der Waals surface area contributed by atoms with Gasteiger partial charge in [-0.3, -0.25) is 0 Å². The molecule has 0 aliphatic carbocycles. The molecular weight excluding hydrogens is 329 g/mol. The second-order valence-corrected chi connectivity index (χ2v) is 6.59. The fourth-order valence-electron chi connectivity index (χ4n) is 2.01. The SMILES string of the molecule is NCc1ccc(S(=O)(=O)NCc2ccccc2C(F)(F)F)cc1. The second kappa shape index (κ2) is 6.69. The molecule has 0 radical (unpaired) electrons. The summed E-state index contributed by atoms with van der Waals surface area (Å²) in [5, 5.41) is 0. The topological polar surface area (TPSA) is 72.2 Å². The zero-order chi connectivity index (χ0) is 17.1. The molecule has 0 unspecified atom stereocenters. The number of halogens is 3. The number of alkyl halides is 3. The number of benzene rings is 2. The smallest absolute Gasteiger partial charge is 0.326 e. The predicted octanol–water partition coefficient (Wildman–Crippen LogP) is 2.64. The van der Waals surface area contributed by atoms with Crippen molar-refractivity contribution >= 4 is 10.0 Å². The van der Waals surface area contributed by atoms with Gasteiger partial charge >= 0.3 is 6.18 Å². The molecule has 0 spiro atoms. The molecule has 0 atom stereocenters. The van der Waals surface area contributed by atoms with Gasteiger partial charge in [0.05, 0.1) is 10.5 Å². The average Bonchev–Trinajstić information content (AvgIpc) is 2.52. The normalized spacial score (nSPS) is 12.3. The van der Waals surface area contributed by atoms with E-state index in [0.29, 0.717) is 0 Å². The van der Waals surface area contributed by atoms with Crippen LogP contribution in [0.1, 0.15) is 16.7 Å². The molecule has 3 N–H and O–H groups in total. The van der Waals surface area contributed by atoms with Crippen LogP contribution in [0.4, 0.5) is 13.2 Å². The minimum Gasteiger partial charge on any atom is -0.326 e. The summed E-state index contributed by atoms with van der Waals surface area (Å²) in [6.45, 7) is -0.177. The molecule has 0 fully saturated rings. The first-order valence-electron chi connectivity index (χ1n) is 6.68. The van der Waals surface area contributed by atoms with E-state index >= 15 is 0 Å². The van der Waals surface area contributed by atoms with Crippen molar-refractivity contribution in [2.75, 3.05) is 0 Å². The van der Waals surface area contributed by atoms with Crippen LogP contribution in [0.2, 0.25) is 0 Å². The molecule has 0 amide bonds. The number of hydrogen-bond acceptors (Lipinski definition) is 3. The Morgan fingerprint density at radius 1 is 1.00 bits per heavy atom. The molecule has 4 nitrogen and oxygen atoms in total. The number of nitrogens with one attached hydrogen (secondary N) is 1. The molecular formula is C15H15F3N2O2S. The van der Waals surface area contributed by atoms with Crippen LogP contribution in [0.15, 0.2) is 53.4 Å². The first-order valence-corrected chi connectivity index (χ1v) is 8.16. The lowest BCUT2D eigenvalue weighted by atomic mass is 10.1. The van der Waals surface area contributed by atoms with Crippen LogP contribution in [-0.2, 0) is 29.3 Å². The lowest BCUT2D eigenvalue weighted by Gasteiger charge is -2.13. The summed E-state index contributed by atoms with van der Waals surface area (Å²) in [4.78, 5) is -0.0285. The summed E-state index contributed by atoms with van der Waals surface area (Å²) in [5.74, 6) is 0. The maximum absolute atomic E-state index is 12.9. The van der Waals surface area contributed by atoms with Gasteiger partial charge in [0, 0.05) is 13.1 Å².